The maximum Gasteiger partial charge on any atom is 0.239 e. The number of nitrogen functional groups attached to an aromatic ring is 1. The number of phenols is 2. The van der Waals surface area contributed by atoms with Crippen LogP contribution in [0.15, 0.2) is 53.4 Å². The van der Waals surface area contributed by atoms with E-state index in [0.29, 0.717) is 62.7 Å². The third-order valence-corrected chi connectivity index (χ3v) is 8.69. The van der Waals surface area contributed by atoms with Crippen molar-refractivity contribution in [1.82, 2.24) is 15.3 Å². The number of para-hydroxylation sites is 1. The Labute approximate surface area is 279 Å². The minimum atomic E-state index is -4.61. The van der Waals surface area contributed by atoms with Gasteiger partial charge in [-0.25, -0.2) is 18.5 Å². The fourth-order valence-electron chi connectivity index (χ4n) is 5.14. The van der Waals surface area contributed by atoms with Crippen LogP contribution in [0.3, 0.4) is 0 Å². The molecule has 0 saturated carbocycles. The van der Waals surface area contributed by atoms with Crippen LogP contribution in [0, 0.1) is 5.41 Å². The Kier molecular flexibility index (Phi) is 11.8. The van der Waals surface area contributed by atoms with E-state index in [4.69, 9.17) is 30.5 Å². The van der Waals surface area contributed by atoms with Crippen molar-refractivity contribution in [2.45, 2.75) is 37.5 Å². The monoisotopic (exact) mass is 682 g/mol. The van der Waals surface area contributed by atoms with Crippen molar-refractivity contribution < 1.29 is 37.6 Å². The Morgan fingerprint density at radius 3 is 2.31 bits per heavy atom. The number of nitrogens with one attached hydrogen (secondary N) is 3. The van der Waals surface area contributed by atoms with Crippen LogP contribution in [-0.2, 0) is 34.4 Å². The summed E-state index contributed by atoms with van der Waals surface area (Å²) in [5, 5.41) is 38.9. The normalized spacial score (nSPS) is 12.0. The molecular formula is C33H42N6O8S. The highest BCUT2D eigenvalue weighted by molar-refractivity contribution is 7.89. The van der Waals surface area contributed by atoms with Crippen molar-refractivity contribution in [3.05, 3.63) is 59.7 Å². The van der Waals surface area contributed by atoms with Gasteiger partial charge in [0.15, 0.2) is 0 Å². The van der Waals surface area contributed by atoms with Crippen molar-refractivity contribution in [2.24, 2.45) is 10.9 Å². The molecule has 0 aliphatic rings. The lowest BCUT2D eigenvalue weighted by atomic mass is 9.80. The van der Waals surface area contributed by atoms with E-state index in [-0.39, 0.29) is 46.2 Å². The molecule has 0 saturated heterocycles. The Bertz CT molecular complexity index is 1890. The number of primary sulfonamides is 1. The van der Waals surface area contributed by atoms with Gasteiger partial charge in [-0.15, -0.1) is 0 Å². The molecule has 0 aliphatic heterocycles. The van der Waals surface area contributed by atoms with Gasteiger partial charge in [0.05, 0.1) is 53.3 Å². The summed E-state index contributed by atoms with van der Waals surface area (Å²) in [6.07, 6.45) is 0.480. The summed E-state index contributed by atoms with van der Waals surface area (Å²) in [7, 11) is -4.61. The number of carbonyl (C=O) groups excluding carboxylic acids is 1. The number of imidazole rings is 1. The van der Waals surface area contributed by atoms with Crippen molar-refractivity contribution in [2.75, 3.05) is 46.2 Å². The van der Waals surface area contributed by atoms with Gasteiger partial charge in [-0.1, -0.05) is 18.2 Å². The highest BCUT2D eigenvalue weighted by Gasteiger charge is 2.39. The number of nitrogens with zero attached hydrogens (tertiary/aromatic N) is 1. The van der Waals surface area contributed by atoms with Crippen molar-refractivity contribution in [3.8, 4) is 34.0 Å². The number of sulfonamides is 1. The van der Waals surface area contributed by atoms with Gasteiger partial charge in [0.2, 0.25) is 15.9 Å². The second-order valence-electron chi connectivity index (χ2n) is 11.5. The van der Waals surface area contributed by atoms with Crippen LogP contribution in [0.4, 0.5) is 0 Å². The van der Waals surface area contributed by atoms with E-state index in [1.807, 2.05) is 6.92 Å². The molecule has 15 heteroatoms. The van der Waals surface area contributed by atoms with Gasteiger partial charge in [-0.2, -0.15) is 0 Å². The highest BCUT2D eigenvalue weighted by atomic mass is 32.2. The summed E-state index contributed by atoms with van der Waals surface area (Å²) in [5.74, 6) is -1.39. The number of aromatic hydroxyl groups is 2. The number of benzene rings is 3. The number of H-pyrrole nitrogens is 1. The number of rotatable bonds is 17. The number of hydrogen-bond donors (Lipinski definition) is 7. The number of ether oxygens (including phenoxy) is 3. The van der Waals surface area contributed by atoms with Gasteiger partial charge in [0.1, 0.15) is 23.2 Å². The second kappa shape index (κ2) is 15.6. The number of carbonyl (C=O) groups is 1. The summed E-state index contributed by atoms with van der Waals surface area (Å²) in [5.41, 5.74) is 5.26. The average Bonchev–Trinajstić information content (AvgIpc) is 3.46. The fraction of sp³-hybridized carbons (Fsp3) is 0.364. The van der Waals surface area contributed by atoms with Gasteiger partial charge in [0.25, 0.3) is 0 Å². The van der Waals surface area contributed by atoms with Gasteiger partial charge >= 0.3 is 0 Å². The lowest BCUT2D eigenvalue weighted by molar-refractivity contribution is -0.125. The number of aromatic nitrogens is 2. The molecule has 1 amide bonds. The van der Waals surface area contributed by atoms with E-state index >= 15 is 0 Å². The first-order valence-electron chi connectivity index (χ1n) is 15.3. The predicted octanol–water partition coefficient (Wildman–Crippen LogP) is 3.09. The molecule has 3 aromatic carbocycles. The molecule has 0 spiro atoms. The van der Waals surface area contributed by atoms with Crippen LogP contribution in [0.1, 0.15) is 38.3 Å². The fourth-order valence-corrected chi connectivity index (χ4v) is 6.25. The average molecular weight is 683 g/mol. The first-order chi connectivity index (χ1) is 22.8. The standard InChI is InChI=1S/C33H42N6O8S/c1-4-45-14-15-47-17-16-46-13-7-12-37-32(42)33(2,3)23-19-22(31-38-24-11-10-20(30(34)35)18-25(24)39-31)28(41)27(29(23)48(36,43)44)21-8-5-6-9-26(21)40/h5-6,8-11,18-19,40-41H,4,7,12-17H2,1-3H3,(H3,34,35)(H,37,42)(H,38,39)(H2,36,43,44). The molecule has 0 fully saturated rings. The minimum absolute atomic E-state index is 0.0210. The van der Waals surface area contributed by atoms with Crippen molar-refractivity contribution in [3.63, 3.8) is 0 Å². The first kappa shape index (κ1) is 36.3. The molecule has 0 aliphatic carbocycles. The highest BCUT2D eigenvalue weighted by Crippen LogP contribution is 2.48. The Balaban J connectivity index is 1.70. The predicted molar refractivity (Wildman–Crippen MR) is 181 cm³/mol. The SMILES string of the molecule is CCOCCOCCOCCCNC(=O)C(C)(C)c1cc(-c2nc3ccc(C(=N)N)cc3[nH]2)c(O)c(-c2ccccc2O)c1S(N)(=O)=O. The molecule has 1 heterocycles. The zero-order valence-electron chi connectivity index (χ0n) is 27.1. The molecule has 1 aromatic heterocycles. The van der Waals surface area contributed by atoms with E-state index in [2.05, 4.69) is 15.3 Å². The number of amidine groups is 1. The minimum Gasteiger partial charge on any atom is -0.507 e. The Morgan fingerprint density at radius 2 is 1.67 bits per heavy atom. The molecule has 258 valence electrons. The largest absolute Gasteiger partial charge is 0.507 e. The van der Waals surface area contributed by atoms with Crippen LogP contribution >= 0.6 is 0 Å². The van der Waals surface area contributed by atoms with Gasteiger partial charge in [-0.05, 0) is 63.1 Å². The third kappa shape index (κ3) is 8.29. The van der Waals surface area contributed by atoms with E-state index < -0.39 is 32.0 Å². The van der Waals surface area contributed by atoms with Crippen molar-refractivity contribution in [1.29, 1.82) is 5.41 Å². The number of amides is 1. The molecule has 0 radical (unpaired) electrons. The number of aromatic amines is 1. The van der Waals surface area contributed by atoms with Crippen molar-refractivity contribution >= 4 is 32.8 Å². The zero-order valence-corrected chi connectivity index (χ0v) is 27.9. The van der Waals surface area contributed by atoms with Crippen LogP contribution in [0.5, 0.6) is 11.5 Å². The molecule has 48 heavy (non-hydrogen) atoms. The third-order valence-electron chi connectivity index (χ3n) is 7.70. The molecule has 0 unspecified atom stereocenters. The molecule has 4 aromatic rings. The maximum atomic E-state index is 13.7. The zero-order chi connectivity index (χ0) is 35.1. The molecular weight excluding hydrogens is 640 g/mol. The van der Waals surface area contributed by atoms with Crippen LogP contribution < -0.4 is 16.2 Å². The molecule has 0 bridgehead atoms. The van der Waals surface area contributed by atoms with Crippen LogP contribution in [0.25, 0.3) is 33.5 Å². The number of hydrogen-bond acceptors (Lipinski definition) is 10. The van der Waals surface area contributed by atoms with E-state index in [0.717, 1.165) is 0 Å². The molecule has 9 N–H and O–H groups in total. The van der Waals surface area contributed by atoms with Gasteiger partial charge < -0.3 is 40.5 Å². The Morgan fingerprint density at radius 1 is 1.00 bits per heavy atom. The maximum absolute atomic E-state index is 13.7. The van der Waals surface area contributed by atoms with E-state index in [9.17, 15) is 23.4 Å². The summed E-state index contributed by atoms with van der Waals surface area (Å²) in [6.45, 7) is 7.99. The number of nitrogens with two attached hydrogens (primary N) is 2. The lowest BCUT2D eigenvalue weighted by Crippen LogP contribution is -2.42. The summed E-state index contributed by atoms with van der Waals surface area (Å²) < 4.78 is 42.8. The second-order valence-corrected chi connectivity index (χ2v) is 13.0. The molecule has 14 nitrogen and oxygen atoms in total. The number of fused-ring (bicyclic) bond motifs is 1. The van der Waals surface area contributed by atoms with Crippen LogP contribution in [0.2, 0.25) is 0 Å². The van der Waals surface area contributed by atoms with E-state index in [1.54, 1.807) is 30.3 Å². The smallest absolute Gasteiger partial charge is 0.239 e. The Hall–Kier alpha value is -4.54. The summed E-state index contributed by atoms with van der Waals surface area (Å²) in [4.78, 5) is 20.8. The topological polar surface area (TPSA) is 236 Å². The summed E-state index contributed by atoms with van der Waals surface area (Å²) in [6, 6.07) is 12.1. The lowest BCUT2D eigenvalue weighted by Gasteiger charge is -2.29. The quantitative estimate of drug-likeness (QED) is 0.0488. The number of phenolic OH excluding ortho intramolecular Hbond substituents is 2. The van der Waals surface area contributed by atoms with Crippen LogP contribution in [-0.4, -0.2) is 86.5 Å². The molecule has 4 rings (SSSR count). The van der Waals surface area contributed by atoms with Gasteiger partial charge in [-0.3, -0.25) is 10.2 Å². The first-order valence-corrected chi connectivity index (χ1v) is 16.9. The summed E-state index contributed by atoms with van der Waals surface area (Å²) >= 11 is 0. The molecule has 0 atom stereocenters. The van der Waals surface area contributed by atoms with Gasteiger partial charge in [0, 0.05) is 36.4 Å². The van der Waals surface area contributed by atoms with E-state index in [1.165, 1.54) is 32.0 Å².